The molecule has 0 bridgehead atoms. The Balaban J connectivity index is 1.80. The molecule has 0 radical (unpaired) electrons. The molecule has 7 heteroatoms. The van der Waals surface area contributed by atoms with Gasteiger partial charge in [-0.25, -0.2) is 0 Å². The molecule has 1 atom stereocenters. The Labute approximate surface area is 199 Å². The Bertz CT molecular complexity index is 1090. The number of rotatable bonds is 11. The number of pyridine rings is 1. The number of hydrogen-bond donors (Lipinski definition) is 0. The van der Waals surface area contributed by atoms with Crippen LogP contribution in [0, 0.1) is 0 Å². The highest BCUT2D eigenvalue weighted by Gasteiger charge is 2.27. The van der Waals surface area contributed by atoms with Gasteiger partial charge in [0, 0.05) is 30.3 Å². The van der Waals surface area contributed by atoms with Gasteiger partial charge in [0.25, 0.3) is 0 Å². The van der Waals surface area contributed by atoms with E-state index >= 15 is 0 Å². The highest BCUT2D eigenvalue weighted by molar-refractivity contribution is 6.32. The van der Waals surface area contributed by atoms with Crippen LogP contribution in [0.1, 0.15) is 38.7 Å². The molecule has 6 nitrogen and oxygen atoms in total. The van der Waals surface area contributed by atoms with Crippen molar-refractivity contribution in [3.8, 4) is 11.5 Å². The number of ether oxygens (including phenoxy) is 2. The summed E-state index contributed by atoms with van der Waals surface area (Å²) in [4.78, 5) is 32.9. The number of hydrogen-bond acceptors (Lipinski definition) is 6. The third-order valence-electron chi connectivity index (χ3n) is 5.17. The van der Waals surface area contributed by atoms with Crippen LogP contribution in [0.4, 0.5) is 0 Å². The van der Waals surface area contributed by atoms with Crippen LogP contribution >= 0.6 is 11.6 Å². The van der Waals surface area contributed by atoms with Crippen LogP contribution in [-0.2, 0) is 0 Å². The van der Waals surface area contributed by atoms with Crippen LogP contribution < -0.4 is 9.47 Å². The van der Waals surface area contributed by atoms with Gasteiger partial charge in [0.2, 0.25) is 0 Å². The zero-order valence-corrected chi connectivity index (χ0v) is 19.7. The molecule has 1 aromatic heterocycles. The summed E-state index contributed by atoms with van der Waals surface area (Å²) in [6, 6.07) is 17.1. The summed E-state index contributed by atoms with van der Waals surface area (Å²) in [7, 11) is 5.44. The molecule has 172 valence electrons. The lowest BCUT2D eigenvalue weighted by Crippen LogP contribution is -2.19. The summed E-state index contributed by atoms with van der Waals surface area (Å²) in [6.45, 7) is 1.35. The van der Waals surface area contributed by atoms with Crippen molar-refractivity contribution in [1.82, 2.24) is 9.88 Å². The molecule has 0 fully saturated rings. The summed E-state index contributed by atoms with van der Waals surface area (Å²) < 4.78 is 10.9. The van der Waals surface area contributed by atoms with Gasteiger partial charge in [0.1, 0.15) is 18.1 Å². The third-order valence-corrected chi connectivity index (χ3v) is 5.48. The lowest BCUT2D eigenvalue weighted by molar-refractivity contribution is 0.0891. The monoisotopic (exact) mass is 466 g/mol. The maximum absolute atomic E-state index is 13.4. The smallest absolute Gasteiger partial charge is 0.172 e. The first-order valence-corrected chi connectivity index (χ1v) is 11.0. The van der Waals surface area contributed by atoms with Crippen LogP contribution in [0.2, 0.25) is 5.02 Å². The topological polar surface area (TPSA) is 68.7 Å². The maximum atomic E-state index is 13.4. The van der Waals surface area contributed by atoms with Gasteiger partial charge >= 0.3 is 0 Å². The van der Waals surface area contributed by atoms with Crippen molar-refractivity contribution < 1.29 is 19.1 Å². The number of carbonyl (C=O) groups is 2. The fraction of sp³-hybridized carbons (Fsp3) is 0.269. The van der Waals surface area contributed by atoms with Gasteiger partial charge in [-0.2, -0.15) is 0 Å². The highest BCUT2D eigenvalue weighted by atomic mass is 35.5. The molecular weight excluding hydrogens is 440 g/mol. The maximum Gasteiger partial charge on any atom is 0.172 e. The van der Waals surface area contributed by atoms with Crippen molar-refractivity contribution in [2.24, 2.45) is 0 Å². The molecule has 0 aliphatic rings. The average Bonchev–Trinajstić information content (AvgIpc) is 2.83. The molecule has 2 aromatic carbocycles. The van der Waals surface area contributed by atoms with E-state index in [9.17, 15) is 9.59 Å². The van der Waals surface area contributed by atoms with E-state index in [0.717, 1.165) is 6.54 Å². The minimum atomic E-state index is -0.736. The van der Waals surface area contributed by atoms with Gasteiger partial charge in [-0.15, -0.1) is 0 Å². The van der Waals surface area contributed by atoms with Crippen LogP contribution in [0.5, 0.6) is 11.5 Å². The normalized spacial score (nSPS) is 11.8. The van der Waals surface area contributed by atoms with E-state index < -0.39 is 5.92 Å². The Morgan fingerprint density at radius 1 is 1.03 bits per heavy atom. The Kier molecular flexibility index (Phi) is 8.58. The number of carbonyl (C=O) groups excluding carboxylic acids is 2. The van der Waals surface area contributed by atoms with E-state index in [0.29, 0.717) is 39.9 Å². The molecule has 0 N–H and O–H groups in total. The first-order chi connectivity index (χ1) is 15.9. The van der Waals surface area contributed by atoms with Crippen molar-refractivity contribution in [2.45, 2.75) is 12.3 Å². The number of ketones is 2. The second kappa shape index (κ2) is 11.6. The predicted octanol–water partition coefficient (Wildman–Crippen LogP) is 4.92. The average molecular weight is 467 g/mol. The first-order valence-electron chi connectivity index (χ1n) is 10.6. The summed E-state index contributed by atoms with van der Waals surface area (Å²) in [6.07, 6.45) is 1.60. The number of benzene rings is 2. The number of halogens is 1. The molecule has 0 saturated carbocycles. The zero-order chi connectivity index (χ0) is 23.8. The molecule has 0 aliphatic heterocycles. The van der Waals surface area contributed by atoms with Crippen molar-refractivity contribution >= 4 is 23.2 Å². The summed E-state index contributed by atoms with van der Waals surface area (Å²) in [5, 5.41) is 0.410. The number of methoxy groups -OCH3 is 1. The molecule has 0 saturated heterocycles. The fourth-order valence-electron chi connectivity index (χ4n) is 3.31. The van der Waals surface area contributed by atoms with E-state index in [2.05, 4.69) is 4.98 Å². The second-order valence-corrected chi connectivity index (χ2v) is 8.23. The predicted molar refractivity (Wildman–Crippen MR) is 129 cm³/mol. The lowest BCUT2D eigenvalue weighted by atomic mass is 9.88. The van der Waals surface area contributed by atoms with Crippen molar-refractivity contribution in [3.05, 3.63) is 88.7 Å². The van der Waals surface area contributed by atoms with Gasteiger partial charge in [-0.3, -0.25) is 14.6 Å². The molecule has 0 aliphatic carbocycles. The van der Waals surface area contributed by atoms with Crippen molar-refractivity contribution in [2.75, 3.05) is 34.4 Å². The summed E-state index contributed by atoms with van der Waals surface area (Å²) >= 11 is 6.11. The molecule has 1 heterocycles. The van der Waals surface area contributed by atoms with Crippen LogP contribution in [0.3, 0.4) is 0 Å². The molecule has 1 unspecified atom stereocenters. The third kappa shape index (κ3) is 6.63. The SMILES string of the molecule is COc1cc(C(=O)C(CC(=O)c2ccc(OCCN(C)C)cc2)c2ccccn2)ccc1Cl. The molecule has 3 aromatic rings. The van der Waals surface area contributed by atoms with Crippen LogP contribution in [0.15, 0.2) is 66.9 Å². The zero-order valence-electron chi connectivity index (χ0n) is 19.0. The van der Waals surface area contributed by atoms with E-state index in [1.54, 1.807) is 66.9 Å². The standard InChI is InChI=1S/C26H27ClN2O4/c1-29(2)14-15-33-20-10-7-18(8-11-20)24(30)17-21(23-6-4-5-13-28-23)26(31)19-9-12-22(27)25(16-19)32-3/h4-13,16,21H,14-15,17H2,1-3H3. The van der Waals surface area contributed by atoms with E-state index in [-0.39, 0.29) is 18.0 Å². The van der Waals surface area contributed by atoms with Gasteiger partial charge in [0.15, 0.2) is 11.6 Å². The fourth-order valence-corrected chi connectivity index (χ4v) is 3.51. The van der Waals surface area contributed by atoms with E-state index in [4.69, 9.17) is 21.1 Å². The van der Waals surface area contributed by atoms with Gasteiger partial charge in [-0.05, 0) is 68.7 Å². The lowest BCUT2D eigenvalue weighted by Gasteiger charge is -2.16. The van der Waals surface area contributed by atoms with Crippen molar-refractivity contribution in [3.63, 3.8) is 0 Å². The molecule has 0 spiro atoms. The number of Topliss-reactive ketones (excluding diaryl/α,β-unsaturated/α-hetero) is 2. The van der Waals surface area contributed by atoms with Gasteiger partial charge in [0.05, 0.1) is 23.7 Å². The summed E-state index contributed by atoms with van der Waals surface area (Å²) in [5.41, 5.74) is 1.45. The Hall–Kier alpha value is -3.22. The number of aromatic nitrogens is 1. The highest BCUT2D eigenvalue weighted by Crippen LogP contribution is 2.30. The Morgan fingerprint density at radius 2 is 1.76 bits per heavy atom. The second-order valence-electron chi connectivity index (χ2n) is 7.82. The van der Waals surface area contributed by atoms with E-state index in [1.807, 2.05) is 19.0 Å². The Morgan fingerprint density at radius 3 is 2.39 bits per heavy atom. The molecule has 3 rings (SSSR count). The molecule has 0 amide bonds. The quantitative estimate of drug-likeness (QED) is 0.373. The van der Waals surface area contributed by atoms with Gasteiger partial charge in [-0.1, -0.05) is 17.7 Å². The number of likely N-dealkylation sites (N-methyl/N-ethyl adjacent to an activating group) is 1. The molecular formula is C26H27ClN2O4. The molecule has 33 heavy (non-hydrogen) atoms. The minimum absolute atomic E-state index is 0.0123. The van der Waals surface area contributed by atoms with E-state index in [1.165, 1.54) is 7.11 Å². The first kappa shape index (κ1) is 24.4. The van der Waals surface area contributed by atoms with Crippen molar-refractivity contribution in [1.29, 1.82) is 0 Å². The van der Waals surface area contributed by atoms with Gasteiger partial charge < -0.3 is 14.4 Å². The van der Waals surface area contributed by atoms with Crippen LogP contribution in [-0.4, -0.2) is 55.8 Å². The van der Waals surface area contributed by atoms with Crippen LogP contribution in [0.25, 0.3) is 0 Å². The summed E-state index contributed by atoms with van der Waals surface area (Å²) in [5.74, 6) is -0.0153. The minimum Gasteiger partial charge on any atom is -0.495 e. The number of nitrogens with zero attached hydrogens (tertiary/aromatic N) is 2. The largest absolute Gasteiger partial charge is 0.495 e.